The molecule has 9 heavy (non-hydrogen) atoms. The van der Waals surface area contributed by atoms with Gasteiger partial charge in [0.15, 0.2) is 0 Å². The van der Waals surface area contributed by atoms with E-state index in [-0.39, 0.29) is 5.95 Å². The predicted octanol–water partition coefficient (Wildman–Crippen LogP) is -1.03. The number of tetrazole rings is 1. The summed E-state index contributed by atoms with van der Waals surface area (Å²) < 4.78 is 0. The molecule has 0 saturated heterocycles. The standard InChI is InChI=1S/C3H4N5O/c1-2(9)4-3-5-7-8-6-3/h1H2,(H2,4,5,6,7,8,9). The summed E-state index contributed by atoms with van der Waals surface area (Å²) in [6.45, 7) is 3.05. The van der Waals surface area contributed by atoms with Gasteiger partial charge in [0.05, 0.1) is 0 Å². The van der Waals surface area contributed by atoms with Crippen molar-refractivity contribution < 1.29 is 4.79 Å². The van der Waals surface area contributed by atoms with Gasteiger partial charge in [0.25, 0.3) is 0 Å². The third-order valence-corrected chi connectivity index (χ3v) is 0.603. The molecule has 47 valence electrons. The number of nitrogens with one attached hydrogen (secondary N) is 2. The Balaban J connectivity index is 2.58. The summed E-state index contributed by atoms with van der Waals surface area (Å²) in [6, 6.07) is 0. The average molecular weight is 126 g/mol. The summed E-state index contributed by atoms with van der Waals surface area (Å²) in [5.74, 6) is -0.247. The van der Waals surface area contributed by atoms with Crippen molar-refractivity contribution in [3.05, 3.63) is 6.92 Å². The van der Waals surface area contributed by atoms with Crippen LogP contribution in [-0.2, 0) is 4.79 Å². The van der Waals surface area contributed by atoms with Gasteiger partial charge in [-0.05, 0) is 10.4 Å². The van der Waals surface area contributed by atoms with Crippen molar-refractivity contribution in [1.29, 1.82) is 0 Å². The Morgan fingerprint density at radius 2 is 2.56 bits per heavy atom. The molecule has 1 heterocycles. The molecule has 6 heteroatoms. The fourth-order valence-corrected chi connectivity index (χ4v) is 0.344. The highest BCUT2D eigenvalue weighted by Crippen LogP contribution is 1.87. The molecule has 0 aliphatic heterocycles. The van der Waals surface area contributed by atoms with E-state index in [2.05, 4.69) is 32.9 Å². The summed E-state index contributed by atoms with van der Waals surface area (Å²) in [5, 5.41) is 14.4. The van der Waals surface area contributed by atoms with E-state index in [1.807, 2.05) is 0 Å². The van der Waals surface area contributed by atoms with Crippen LogP contribution in [0.2, 0.25) is 0 Å². The topological polar surface area (TPSA) is 83.6 Å². The second-order valence-electron chi connectivity index (χ2n) is 1.30. The lowest BCUT2D eigenvalue weighted by Crippen LogP contribution is -2.07. The van der Waals surface area contributed by atoms with Gasteiger partial charge in [0.2, 0.25) is 11.9 Å². The molecular weight excluding hydrogens is 122 g/mol. The van der Waals surface area contributed by atoms with Crippen LogP contribution in [0.4, 0.5) is 5.95 Å². The van der Waals surface area contributed by atoms with E-state index in [1.54, 1.807) is 0 Å². The van der Waals surface area contributed by atoms with Crippen LogP contribution in [0.5, 0.6) is 0 Å². The third kappa shape index (κ3) is 1.48. The zero-order chi connectivity index (χ0) is 6.69. The molecule has 1 amide bonds. The van der Waals surface area contributed by atoms with E-state index in [0.717, 1.165) is 0 Å². The van der Waals surface area contributed by atoms with Crippen molar-refractivity contribution in [2.45, 2.75) is 0 Å². The molecule has 1 rings (SSSR count). The van der Waals surface area contributed by atoms with Crippen LogP contribution < -0.4 is 5.32 Å². The highest BCUT2D eigenvalue weighted by Gasteiger charge is 1.95. The van der Waals surface area contributed by atoms with E-state index in [1.165, 1.54) is 0 Å². The van der Waals surface area contributed by atoms with Crippen molar-refractivity contribution in [3.63, 3.8) is 0 Å². The van der Waals surface area contributed by atoms with Crippen LogP contribution in [0.15, 0.2) is 0 Å². The Bertz CT molecular complexity index is 192. The minimum atomic E-state index is -0.450. The first kappa shape index (κ1) is 5.67. The van der Waals surface area contributed by atoms with Crippen molar-refractivity contribution in [2.75, 3.05) is 5.32 Å². The predicted molar refractivity (Wildman–Crippen MR) is 28.2 cm³/mol. The molecule has 1 radical (unpaired) electrons. The highest BCUT2D eigenvalue weighted by atomic mass is 16.1. The summed E-state index contributed by atoms with van der Waals surface area (Å²) in [4.78, 5) is 10.2. The Labute approximate surface area is 50.6 Å². The number of aromatic amines is 1. The molecule has 2 N–H and O–H groups in total. The van der Waals surface area contributed by atoms with Gasteiger partial charge in [-0.3, -0.25) is 10.1 Å². The van der Waals surface area contributed by atoms with Crippen LogP contribution in [0, 0.1) is 6.92 Å². The maximum absolute atomic E-state index is 10.2. The van der Waals surface area contributed by atoms with E-state index in [9.17, 15) is 4.79 Å². The van der Waals surface area contributed by atoms with Gasteiger partial charge in [-0.1, -0.05) is 5.10 Å². The second kappa shape index (κ2) is 2.21. The number of nitrogens with zero attached hydrogens (tertiary/aromatic N) is 3. The number of carbonyl (C=O) groups is 1. The smallest absolute Gasteiger partial charge is 0.246 e. The minimum Gasteiger partial charge on any atom is -0.294 e. The molecule has 0 aliphatic carbocycles. The van der Waals surface area contributed by atoms with Gasteiger partial charge in [-0.15, -0.1) is 0 Å². The number of H-pyrrole nitrogens is 1. The zero-order valence-corrected chi connectivity index (χ0v) is 4.46. The summed E-state index contributed by atoms with van der Waals surface area (Å²) >= 11 is 0. The number of anilines is 1. The number of rotatable bonds is 1. The average Bonchev–Trinajstić information content (AvgIpc) is 2.15. The molecule has 1 aromatic rings. The fourth-order valence-electron chi connectivity index (χ4n) is 0.344. The SMILES string of the molecule is [CH2]C(=O)Nc1nnn[nH]1. The zero-order valence-electron chi connectivity index (χ0n) is 4.46. The monoisotopic (exact) mass is 126 g/mol. The molecule has 0 aromatic carbocycles. The van der Waals surface area contributed by atoms with Crippen LogP contribution in [0.3, 0.4) is 0 Å². The lowest BCUT2D eigenvalue weighted by atomic mass is 10.7. The van der Waals surface area contributed by atoms with Crippen molar-refractivity contribution in [1.82, 2.24) is 20.6 Å². The van der Waals surface area contributed by atoms with Gasteiger partial charge < -0.3 is 0 Å². The van der Waals surface area contributed by atoms with E-state index in [0.29, 0.717) is 0 Å². The summed E-state index contributed by atoms with van der Waals surface area (Å²) in [7, 11) is 0. The van der Waals surface area contributed by atoms with Crippen molar-refractivity contribution in [3.8, 4) is 0 Å². The van der Waals surface area contributed by atoms with Crippen molar-refractivity contribution >= 4 is 11.9 Å². The highest BCUT2D eigenvalue weighted by molar-refractivity contribution is 5.92. The van der Waals surface area contributed by atoms with Gasteiger partial charge >= 0.3 is 0 Å². The number of hydrogen-bond acceptors (Lipinski definition) is 4. The molecule has 0 unspecified atom stereocenters. The van der Waals surface area contributed by atoms with E-state index >= 15 is 0 Å². The van der Waals surface area contributed by atoms with Gasteiger partial charge in [-0.25, -0.2) is 5.10 Å². The molecule has 0 atom stereocenters. The van der Waals surface area contributed by atoms with Crippen LogP contribution in [0.1, 0.15) is 0 Å². The third-order valence-electron chi connectivity index (χ3n) is 0.603. The number of hydrogen-bond donors (Lipinski definition) is 2. The Kier molecular flexibility index (Phi) is 1.39. The first-order valence-corrected chi connectivity index (χ1v) is 2.15. The first-order valence-electron chi connectivity index (χ1n) is 2.15. The second-order valence-corrected chi connectivity index (χ2v) is 1.30. The Morgan fingerprint density at radius 1 is 1.78 bits per heavy atom. The van der Waals surface area contributed by atoms with Gasteiger partial charge in [0.1, 0.15) is 0 Å². The van der Waals surface area contributed by atoms with Gasteiger partial charge in [-0.2, -0.15) is 0 Å². The first-order chi connectivity index (χ1) is 4.29. The fraction of sp³-hybridized carbons (Fsp3) is 0. The normalized spacial score (nSPS) is 9.00. The molecular formula is C3H4N5O. The molecule has 0 aliphatic rings. The molecule has 6 nitrogen and oxygen atoms in total. The lowest BCUT2D eigenvalue weighted by Gasteiger charge is -1.89. The molecule has 0 fully saturated rings. The lowest BCUT2D eigenvalue weighted by molar-refractivity contribution is -0.112. The Morgan fingerprint density at radius 3 is 3.00 bits per heavy atom. The molecule has 0 bridgehead atoms. The van der Waals surface area contributed by atoms with Crippen LogP contribution in [0.25, 0.3) is 0 Å². The van der Waals surface area contributed by atoms with Crippen LogP contribution in [-0.4, -0.2) is 26.5 Å². The minimum absolute atomic E-state index is 0.204. The maximum atomic E-state index is 10.2. The van der Waals surface area contributed by atoms with E-state index < -0.39 is 5.91 Å². The van der Waals surface area contributed by atoms with Crippen molar-refractivity contribution in [2.24, 2.45) is 0 Å². The summed E-state index contributed by atoms with van der Waals surface area (Å²) in [6.07, 6.45) is 0. The molecule has 1 aromatic heterocycles. The number of aromatic nitrogens is 4. The molecule has 0 saturated carbocycles. The maximum Gasteiger partial charge on any atom is 0.246 e. The number of carbonyl (C=O) groups excluding carboxylic acids is 1. The van der Waals surface area contributed by atoms with E-state index in [4.69, 9.17) is 0 Å². The number of amides is 1. The Hall–Kier alpha value is -1.46. The molecule has 0 spiro atoms. The largest absolute Gasteiger partial charge is 0.294 e. The summed E-state index contributed by atoms with van der Waals surface area (Å²) in [5.41, 5.74) is 0. The van der Waals surface area contributed by atoms with Gasteiger partial charge in [0, 0.05) is 6.92 Å². The quantitative estimate of drug-likeness (QED) is 0.504. The van der Waals surface area contributed by atoms with Crippen LogP contribution >= 0.6 is 0 Å².